The molecule has 4 heteroatoms. The Kier molecular flexibility index (Phi) is 2.80. The zero-order chi connectivity index (χ0) is 12.5. The van der Waals surface area contributed by atoms with Gasteiger partial charge < -0.3 is 15.2 Å². The number of hydrogen-bond donors (Lipinski definition) is 1. The van der Waals surface area contributed by atoms with E-state index in [2.05, 4.69) is 4.98 Å². The van der Waals surface area contributed by atoms with Crippen LogP contribution in [0.4, 0.5) is 0 Å². The maximum absolute atomic E-state index is 5.95. The Hall–Kier alpha value is -1.81. The molecule has 94 valence electrons. The van der Waals surface area contributed by atoms with Crippen molar-refractivity contribution in [1.82, 2.24) is 4.98 Å². The number of fused-ring (bicyclic) bond motifs is 2. The molecule has 0 amide bonds. The van der Waals surface area contributed by atoms with Gasteiger partial charge in [0, 0.05) is 24.0 Å². The van der Waals surface area contributed by atoms with Crippen LogP contribution in [0.5, 0.6) is 11.5 Å². The average molecular weight is 244 g/mol. The fourth-order valence-electron chi connectivity index (χ4n) is 2.21. The van der Waals surface area contributed by atoms with Crippen LogP contribution in [0.3, 0.4) is 0 Å². The first-order valence-corrected chi connectivity index (χ1v) is 6.19. The van der Waals surface area contributed by atoms with Crippen LogP contribution >= 0.6 is 0 Å². The average Bonchev–Trinajstić information content (AvgIpc) is 2.59. The second-order valence-electron chi connectivity index (χ2n) is 4.56. The van der Waals surface area contributed by atoms with Crippen molar-refractivity contribution in [2.45, 2.75) is 19.4 Å². The summed E-state index contributed by atoms with van der Waals surface area (Å²) in [5.74, 6) is 1.59. The lowest BCUT2D eigenvalue weighted by Crippen LogP contribution is -2.07. The van der Waals surface area contributed by atoms with Crippen LogP contribution in [0, 0.1) is 0 Å². The summed E-state index contributed by atoms with van der Waals surface area (Å²) < 4.78 is 11.4. The van der Waals surface area contributed by atoms with Crippen molar-refractivity contribution in [2.75, 3.05) is 13.2 Å². The molecule has 4 nitrogen and oxygen atoms in total. The Morgan fingerprint density at radius 1 is 1.22 bits per heavy atom. The minimum Gasteiger partial charge on any atom is -0.490 e. The molecule has 1 aliphatic heterocycles. The van der Waals surface area contributed by atoms with Gasteiger partial charge in [0.25, 0.3) is 0 Å². The highest BCUT2D eigenvalue weighted by molar-refractivity contribution is 5.88. The van der Waals surface area contributed by atoms with Gasteiger partial charge >= 0.3 is 0 Å². The van der Waals surface area contributed by atoms with Crippen molar-refractivity contribution < 1.29 is 9.47 Å². The molecule has 0 fully saturated rings. The smallest absolute Gasteiger partial charge is 0.161 e. The van der Waals surface area contributed by atoms with Gasteiger partial charge in [-0.1, -0.05) is 0 Å². The van der Waals surface area contributed by atoms with Crippen molar-refractivity contribution in [3.05, 3.63) is 30.1 Å². The predicted octanol–water partition coefficient (Wildman–Crippen LogP) is 2.42. The summed E-state index contributed by atoms with van der Waals surface area (Å²) in [4.78, 5) is 4.36. The van der Waals surface area contributed by atoms with E-state index in [1.165, 1.54) is 0 Å². The fraction of sp³-hybridized carbons (Fsp3) is 0.357. The summed E-state index contributed by atoms with van der Waals surface area (Å²) in [6.07, 6.45) is 2.69. The number of aromatic nitrogens is 1. The minimum absolute atomic E-state index is 0.0987. The number of nitrogens with zero attached hydrogens (tertiary/aromatic N) is 1. The van der Waals surface area contributed by atoms with Crippen molar-refractivity contribution in [3.8, 4) is 11.5 Å². The molecule has 0 saturated carbocycles. The van der Waals surface area contributed by atoms with Gasteiger partial charge in [0.2, 0.25) is 0 Å². The summed E-state index contributed by atoms with van der Waals surface area (Å²) in [7, 11) is 0. The third-order valence-corrected chi connectivity index (χ3v) is 3.09. The first-order valence-electron chi connectivity index (χ1n) is 6.19. The highest BCUT2D eigenvalue weighted by atomic mass is 16.5. The fourth-order valence-corrected chi connectivity index (χ4v) is 2.21. The number of hydrogen-bond acceptors (Lipinski definition) is 4. The van der Waals surface area contributed by atoms with Gasteiger partial charge in [-0.2, -0.15) is 0 Å². The highest BCUT2D eigenvalue weighted by Crippen LogP contribution is 2.35. The first kappa shape index (κ1) is 11.3. The van der Waals surface area contributed by atoms with Gasteiger partial charge in [-0.25, -0.2) is 0 Å². The molecule has 0 saturated heterocycles. The van der Waals surface area contributed by atoms with Crippen LogP contribution < -0.4 is 15.2 Å². The van der Waals surface area contributed by atoms with Crippen LogP contribution in [-0.2, 0) is 0 Å². The van der Waals surface area contributed by atoms with Crippen LogP contribution in [0.1, 0.15) is 25.1 Å². The van der Waals surface area contributed by atoms with Crippen LogP contribution in [-0.4, -0.2) is 18.2 Å². The summed E-state index contributed by atoms with van der Waals surface area (Å²) in [5, 5.41) is 2.12. The van der Waals surface area contributed by atoms with E-state index in [0.717, 1.165) is 34.4 Å². The van der Waals surface area contributed by atoms with E-state index in [1.54, 1.807) is 6.20 Å². The van der Waals surface area contributed by atoms with Crippen LogP contribution in [0.2, 0.25) is 0 Å². The van der Waals surface area contributed by atoms with Gasteiger partial charge in [-0.15, -0.1) is 0 Å². The SMILES string of the molecule is CC(N)c1nccc2cc3c(cc12)OCCCO3. The Balaban J connectivity index is 2.22. The molecule has 1 atom stereocenters. The van der Waals surface area contributed by atoms with E-state index in [-0.39, 0.29) is 6.04 Å². The molecule has 0 aliphatic carbocycles. The minimum atomic E-state index is -0.0987. The van der Waals surface area contributed by atoms with E-state index in [9.17, 15) is 0 Å². The molecular formula is C14H16N2O2. The molecule has 2 N–H and O–H groups in total. The van der Waals surface area contributed by atoms with E-state index < -0.39 is 0 Å². The van der Waals surface area contributed by atoms with Gasteiger partial charge in [0.1, 0.15) is 0 Å². The maximum atomic E-state index is 5.95. The summed E-state index contributed by atoms with van der Waals surface area (Å²) in [6, 6.07) is 5.86. The Labute approximate surface area is 106 Å². The monoisotopic (exact) mass is 244 g/mol. The normalized spacial score (nSPS) is 16.3. The molecule has 1 aromatic carbocycles. The number of pyridine rings is 1. The molecule has 3 rings (SSSR count). The lowest BCUT2D eigenvalue weighted by atomic mass is 10.1. The Morgan fingerprint density at radius 3 is 2.67 bits per heavy atom. The van der Waals surface area contributed by atoms with Gasteiger partial charge in [-0.3, -0.25) is 4.98 Å². The van der Waals surface area contributed by atoms with E-state index >= 15 is 0 Å². The summed E-state index contributed by atoms with van der Waals surface area (Å²) in [6.45, 7) is 3.32. The standard InChI is InChI=1S/C14H16N2O2/c1-9(15)14-11-8-13-12(17-5-2-6-18-13)7-10(11)3-4-16-14/h3-4,7-9H,2,5-6,15H2,1H3. The number of benzene rings is 1. The molecule has 1 aromatic heterocycles. The van der Waals surface area contributed by atoms with Gasteiger partial charge in [0.05, 0.1) is 18.9 Å². The first-order chi connectivity index (χ1) is 8.75. The highest BCUT2D eigenvalue weighted by Gasteiger charge is 2.14. The molecule has 0 bridgehead atoms. The third-order valence-electron chi connectivity index (χ3n) is 3.09. The van der Waals surface area contributed by atoms with Gasteiger partial charge in [0.15, 0.2) is 11.5 Å². The largest absolute Gasteiger partial charge is 0.490 e. The quantitative estimate of drug-likeness (QED) is 0.837. The lowest BCUT2D eigenvalue weighted by molar-refractivity contribution is 0.297. The van der Waals surface area contributed by atoms with Crippen molar-refractivity contribution in [3.63, 3.8) is 0 Å². The van der Waals surface area contributed by atoms with Crippen LogP contribution in [0.15, 0.2) is 24.4 Å². The maximum Gasteiger partial charge on any atom is 0.161 e. The molecule has 18 heavy (non-hydrogen) atoms. The second kappa shape index (κ2) is 4.46. The number of rotatable bonds is 1. The molecule has 2 aromatic rings. The zero-order valence-corrected chi connectivity index (χ0v) is 10.3. The van der Waals surface area contributed by atoms with E-state index in [1.807, 2.05) is 25.1 Å². The topological polar surface area (TPSA) is 57.4 Å². The Morgan fingerprint density at radius 2 is 1.94 bits per heavy atom. The third kappa shape index (κ3) is 1.88. The van der Waals surface area contributed by atoms with E-state index in [4.69, 9.17) is 15.2 Å². The molecular weight excluding hydrogens is 228 g/mol. The summed E-state index contributed by atoms with van der Waals surface area (Å²) >= 11 is 0. The molecule has 2 heterocycles. The second-order valence-corrected chi connectivity index (χ2v) is 4.56. The Bertz CT molecular complexity index is 581. The molecule has 1 aliphatic rings. The summed E-state index contributed by atoms with van der Waals surface area (Å²) in [5.41, 5.74) is 6.84. The predicted molar refractivity (Wildman–Crippen MR) is 70.0 cm³/mol. The van der Waals surface area contributed by atoms with Crippen LogP contribution in [0.25, 0.3) is 10.8 Å². The van der Waals surface area contributed by atoms with E-state index in [0.29, 0.717) is 13.2 Å². The van der Waals surface area contributed by atoms with Gasteiger partial charge in [-0.05, 0) is 30.5 Å². The molecule has 1 unspecified atom stereocenters. The van der Waals surface area contributed by atoms with Crippen molar-refractivity contribution >= 4 is 10.8 Å². The zero-order valence-electron chi connectivity index (χ0n) is 10.3. The lowest BCUT2D eigenvalue weighted by Gasteiger charge is -2.12. The number of ether oxygens (including phenoxy) is 2. The molecule has 0 radical (unpaired) electrons. The number of nitrogens with two attached hydrogens (primary N) is 1. The van der Waals surface area contributed by atoms with Crippen molar-refractivity contribution in [1.29, 1.82) is 0 Å². The van der Waals surface area contributed by atoms with Crippen molar-refractivity contribution in [2.24, 2.45) is 5.73 Å². The molecule has 0 spiro atoms.